The Bertz CT molecular complexity index is 590. The Balaban J connectivity index is 2.84. The average Bonchev–Trinajstić information content (AvgIpc) is 2.39. The Morgan fingerprint density at radius 3 is 2.27 bits per heavy atom. The molecule has 0 atom stereocenters. The first-order chi connectivity index (χ1) is 10.1. The highest BCUT2D eigenvalue weighted by Crippen LogP contribution is 2.21. The van der Waals surface area contributed by atoms with Crippen LogP contribution in [0.15, 0.2) is 18.2 Å². The smallest absolute Gasteiger partial charge is 0.412 e. The van der Waals surface area contributed by atoms with E-state index in [0.717, 1.165) is 12.7 Å². The van der Waals surface area contributed by atoms with Crippen LogP contribution in [0.2, 0.25) is 0 Å². The van der Waals surface area contributed by atoms with Crippen molar-refractivity contribution in [2.45, 2.75) is 33.3 Å². The van der Waals surface area contributed by atoms with Gasteiger partial charge in [0.15, 0.2) is 0 Å². The summed E-state index contributed by atoms with van der Waals surface area (Å²) >= 11 is 0. The summed E-state index contributed by atoms with van der Waals surface area (Å²) in [6.45, 7) is 7.02. The number of ether oxygens (including phenoxy) is 2. The summed E-state index contributed by atoms with van der Waals surface area (Å²) in [5, 5.41) is 4.97. The number of carbonyl (C=O) groups is 3. The van der Waals surface area contributed by atoms with Crippen molar-refractivity contribution in [3.63, 3.8) is 0 Å². The molecule has 7 heteroatoms. The van der Waals surface area contributed by atoms with E-state index >= 15 is 0 Å². The summed E-state index contributed by atoms with van der Waals surface area (Å²) in [5.41, 5.74) is 0.937. The quantitative estimate of drug-likeness (QED) is 0.646. The molecule has 1 aromatic carbocycles. The van der Waals surface area contributed by atoms with E-state index < -0.39 is 23.6 Å². The Kier molecular flexibility index (Phi) is 5.50. The number of hydrogen-bond acceptors (Lipinski definition) is 5. The Labute approximate surface area is 129 Å². The predicted octanol–water partition coefficient (Wildman–Crippen LogP) is 2.45. The Hall–Kier alpha value is -2.57. The maximum atomic E-state index is 11.7. The molecule has 1 aromatic rings. The zero-order valence-electron chi connectivity index (χ0n) is 13.3. The molecular formula is C15H20N2O5. The van der Waals surface area contributed by atoms with E-state index in [0.29, 0.717) is 11.4 Å². The molecule has 0 fully saturated rings. The average molecular weight is 308 g/mol. The number of anilines is 2. The van der Waals surface area contributed by atoms with Crippen molar-refractivity contribution in [1.82, 2.24) is 0 Å². The van der Waals surface area contributed by atoms with Gasteiger partial charge in [-0.05, 0) is 45.4 Å². The fourth-order valence-electron chi connectivity index (χ4n) is 1.52. The maximum Gasteiger partial charge on any atom is 0.412 e. The van der Waals surface area contributed by atoms with Gasteiger partial charge in [0.25, 0.3) is 0 Å². The molecule has 0 radical (unpaired) electrons. The summed E-state index contributed by atoms with van der Waals surface area (Å²) in [5.74, 6) is -1.88. The van der Waals surface area contributed by atoms with Gasteiger partial charge in [0.2, 0.25) is 0 Å². The maximum absolute atomic E-state index is 11.7. The second kappa shape index (κ2) is 6.93. The van der Waals surface area contributed by atoms with Crippen LogP contribution in [0.1, 0.15) is 26.3 Å². The highest BCUT2D eigenvalue weighted by Gasteiger charge is 2.18. The van der Waals surface area contributed by atoms with Crippen molar-refractivity contribution in [1.29, 1.82) is 0 Å². The van der Waals surface area contributed by atoms with Crippen LogP contribution >= 0.6 is 0 Å². The van der Waals surface area contributed by atoms with Crippen molar-refractivity contribution in [2.75, 3.05) is 17.7 Å². The standard InChI is InChI=1S/C15H20N2O5/c1-9-6-7-10(16-14(20)22-15(2,3)4)8-11(9)17-12(18)13(19)21-5/h6-8H,1-5H3,(H,16,20)(H,17,18). The fourth-order valence-corrected chi connectivity index (χ4v) is 1.52. The van der Waals surface area contributed by atoms with Gasteiger partial charge < -0.3 is 14.8 Å². The number of benzene rings is 1. The van der Waals surface area contributed by atoms with Crippen LogP contribution < -0.4 is 10.6 Å². The van der Waals surface area contributed by atoms with E-state index in [9.17, 15) is 14.4 Å². The van der Waals surface area contributed by atoms with Crippen molar-refractivity contribution < 1.29 is 23.9 Å². The largest absolute Gasteiger partial charge is 0.462 e. The van der Waals surface area contributed by atoms with Gasteiger partial charge in [-0.15, -0.1) is 0 Å². The van der Waals surface area contributed by atoms with E-state index in [2.05, 4.69) is 15.4 Å². The molecule has 22 heavy (non-hydrogen) atoms. The lowest BCUT2D eigenvalue weighted by Gasteiger charge is -2.20. The number of hydrogen-bond donors (Lipinski definition) is 2. The first kappa shape index (κ1) is 17.5. The number of nitrogens with one attached hydrogen (secondary N) is 2. The van der Waals surface area contributed by atoms with E-state index in [1.165, 1.54) is 6.07 Å². The lowest BCUT2D eigenvalue weighted by atomic mass is 10.1. The second-order valence-corrected chi connectivity index (χ2v) is 5.60. The fraction of sp³-hybridized carbons (Fsp3) is 0.400. The predicted molar refractivity (Wildman–Crippen MR) is 81.7 cm³/mol. The van der Waals surface area contributed by atoms with Gasteiger partial charge >= 0.3 is 18.0 Å². The molecule has 0 bridgehead atoms. The molecule has 0 aliphatic heterocycles. The highest BCUT2D eigenvalue weighted by molar-refractivity contribution is 6.37. The lowest BCUT2D eigenvalue weighted by Crippen LogP contribution is -2.27. The Morgan fingerprint density at radius 1 is 1.09 bits per heavy atom. The van der Waals surface area contributed by atoms with E-state index in [-0.39, 0.29) is 0 Å². The van der Waals surface area contributed by atoms with Gasteiger partial charge in [0.1, 0.15) is 5.60 Å². The second-order valence-electron chi connectivity index (χ2n) is 5.60. The van der Waals surface area contributed by atoms with Gasteiger partial charge in [-0.3, -0.25) is 10.1 Å². The van der Waals surface area contributed by atoms with Crippen molar-refractivity contribution in [3.8, 4) is 0 Å². The molecule has 1 rings (SSSR count). The van der Waals surface area contributed by atoms with Crippen LogP contribution in [-0.4, -0.2) is 30.7 Å². The van der Waals surface area contributed by atoms with Crippen molar-refractivity contribution in [2.24, 2.45) is 0 Å². The minimum atomic E-state index is -0.995. The van der Waals surface area contributed by atoms with Crippen LogP contribution in [-0.2, 0) is 19.1 Å². The molecule has 0 heterocycles. The van der Waals surface area contributed by atoms with Gasteiger partial charge in [-0.1, -0.05) is 6.07 Å². The number of aryl methyl sites for hydroxylation is 1. The summed E-state index contributed by atoms with van der Waals surface area (Å²) in [6.07, 6.45) is -0.610. The monoisotopic (exact) mass is 308 g/mol. The van der Waals surface area contributed by atoms with Gasteiger partial charge in [-0.25, -0.2) is 9.59 Å². The zero-order valence-corrected chi connectivity index (χ0v) is 13.3. The van der Waals surface area contributed by atoms with Crippen LogP contribution in [0.4, 0.5) is 16.2 Å². The van der Waals surface area contributed by atoms with E-state index in [1.807, 2.05) is 0 Å². The van der Waals surface area contributed by atoms with Crippen molar-refractivity contribution >= 4 is 29.3 Å². The number of rotatable bonds is 2. The number of amides is 2. The number of carbonyl (C=O) groups excluding carboxylic acids is 3. The minimum Gasteiger partial charge on any atom is -0.462 e. The third kappa shape index (κ3) is 5.43. The summed E-state index contributed by atoms with van der Waals surface area (Å²) < 4.78 is 9.47. The van der Waals surface area contributed by atoms with E-state index in [4.69, 9.17) is 4.74 Å². The van der Waals surface area contributed by atoms with Gasteiger partial charge in [0, 0.05) is 11.4 Å². The van der Waals surface area contributed by atoms with Crippen molar-refractivity contribution in [3.05, 3.63) is 23.8 Å². The molecular weight excluding hydrogens is 288 g/mol. The molecule has 0 spiro atoms. The molecule has 0 aliphatic rings. The van der Waals surface area contributed by atoms with E-state index in [1.54, 1.807) is 39.8 Å². The third-order valence-corrected chi connectivity index (χ3v) is 2.50. The molecule has 7 nitrogen and oxygen atoms in total. The first-order valence-corrected chi connectivity index (χ1v) is 6.62. The number of esters is 1. The van der Waals surface area contributed by atoms with Crippen LogP contribution in [0.25, 0.3) is 0 Å². The lowest BCUT2D eigenvalue weighted by molar-refractivity contribution is -0.150. The van der Waals surface area contributed by atoms with Gasteiger partial charge in [-0.2, -0.15) is 0 Å². The van der Waals surface area contributed by atoms with Gasteiger partial charge in [0.05, 0.1) is 7.11 Å². The van der Waals surface area contributed by atoms with Crippen LogP contribution in [0.3, 0.4) is 0 Å². The topological polar surface area (TPSA) is 93.7 Å². The molecule has 120 valence electrons. The molecule has 0 saturated carbocycles. The molecule has 2 amide bonds. The molecule has 2 N–H and O–H groups in total. The molecule has 0 saturated heterocycles. The van der Waals surface area contributed by atoms with Crippen LogP contribution in [0, 0.1) is 6.92 Å². The minimum absolute atomic E-state index is 0.393. The Morgan fingerprint density at radius 2 is 1.73 bits per heavy atom. The summed E-state index contributed by atoms with van der Waals surface area (Å²) in [6, 6.07) is 4.88. The molecule has 0 aromatic heterocycles. The first-order valence-electron chi connectivity index (χ1n) is 6.62. The summed E-state index contributed by atoms with van der Waals surface area (Å²) in [4.78, 5) is 34.3. The highest BCUT2D eigenvalue weighted by atomic mass is 16.6. The summed E-state index contributed by atoms with van der Waals surface area (Å²) in [7, 11) is 1.12. The zero-order chi connectivity index (χ0) is 16.9. The van der Waals surface area contributed by atoms with Crippen LogP contribution in [0.5, 0.6) is 0 Å². The number of methoxy groups -OCH3 is 1. The molecule has 0 aliphatic carbocycles. The third-order valence-electron chi connectivity index (χ3n) is 2.50. The normalized spacial score (nSPS) is 10.6. The molecule has 0 unspecified atom stereocenters. The SMILES string of the molecule is COC(=O)C(=O)Nc1cc(NC(=O)OC(C)(C)C)ccc1C.